The molecule has 1 aromatic heterocycles. The third kappa shape index (κ3) is 0.744. The normalized spacial score (nSPS) is 15.3. The molecule has 0 fully saturated rings. The van der Waals surface area contributed by atoms with Crippen LogP contribution in [0.5, 0.6) is 0 Å². The van der Waals surface area contributed by atoms with Crippen LogP contribution in [0.4, 0.5) is 0 Å². The zero-order chi connectivity index (χ0) is 6.97. The highest BCUT2D eigenvalue weighted by atomic mass is 15.3. The van der Waals surface area contributed by atoms with Crippen molar-refractivity contribution in [3.8, 4) is 0 Å². The number of aliphatic imine (C=N–C) groups is 1. The van der Waals surface area contributed by atoms with Crippen molar-refractivity contribution < 1.29 is 0 Å². The van der Waals surface area contributed by atoms with E-state index in [1.807, 2.05) is 24.1 Å². The summed E-state index contributed by atoms with van der Waals surface area (Å²) in [6.45, 7) is 0.893. The summed E-state index contributed by atoms with van der Waals surface area (Å²) in [5.74, 6) is 0. The van der Waals surface area contributed by atoms with Gasteiger partial charge in [0, 0.05) is 38.0 Å². The fourth-order valence-electron chi connectivity index (χ4n) is 1.19. The molecule has 0 aliphatic carbocycles. The van der Waals surface area contributed by atoms with E-state index in [4.69, 9.17) is 0 Å². The van der Waals surface area contributed by atoms with E-state index in [9.17, 15) is 0 Å². The van der Waals surface area contributed by atoms with Gasteiger partial charge >= 0.3 is 0 Å². The molecule has 1 aromatic rings. The van der Waals surface area contributed by atoms with Crippen LogP contribution >= 0.6 is 0 Å². The van der Waals surface area contributed by atoms with Gasteiger partial charge in [0.15, 0.2) is 0 Å². The van der Waals surface area contributed by atoms with Crippen molar-refractivity contribution in [3.05, 3.63) is 17.5 Å². The van der Waals surface area contributed by atoms with Crippen LogP contribution in [-0.4, -0.2) is 22.5 Å². The molecule has 0 saturated heterocycles. The number of fused-ring (bicyclic) bond motifs is 1. The van der Waals surface area contributed by atoms with Crippen LogP contribution in [0.1, 0.15) is 11.3 Å². The van der Waals surface area contributed by atoms with Crippen LogP contribution in [0.25, 0.3) is 0 Å². The summed E-state index contributed by atoms with van der Waals surface area (Å²) in [6.07, 6.45) is 4.89. The number of rotatable bonds is 0. The Morgan fingerprint density at radius 2 is 2.50 bits per heavy atom. The van der Waals surface area contributed by atoms with Crippen LogP contribution < -0.4 is 0 Å². The lowest BCUT2D eigenvalue weighted by Crippen LogP contribution is -2.00. The Bertz CT molecular complexity index is 272. The van der Waals surface area contributed by atoms with Gasteiger partial charge < -0.3 is 0 Å². The highest BCUT2D eigenvalue weighted by Crippen LogP contribution is 2.07. The second-order valence-corrected chi connectivity index (χ2v) is 2.49. The molecule has 2 rings (SSSR count). The van der Waals surface area contributed by atoms with Crippen molar-refractivity contribution in [2.45, 2.75) is 6.42 Å². The SMILES string of the molecule is Cn1cc2c(n1)CCN=C2. The summed E-state index contributed by atoms with van der Waals surface area (Å²) in [4.78, 5) is 4.15. The Balaban J connectivity index is 2.53. The second kappa shape index (κ2) is 1.94. The van der Waals surface area contributed by atoms with E-state index in [2.05, 4.69) is 10.1 Å². The Morgan fingerprint density at radius 1 is 1.60 bits per heavy atom. The monoisotopic (exact) mass is 135 g/mol. The highest BCUT2D eigenvalue weighted by Gasteiger charge is 2.07. The minimum Gasteiger partial charge on any atom is -0.292 e. The van der Waals surface area contributed by atoms with Gasteiger partial charge in [0.2, 0.25) is 0 Å². The van der Waals surface area contributed by atoms with Crippen molar-refractivity contribution in [1.82, 2.24) is 9.78 Å². The van der Waals surface area contributed by atoms with E-state index in [-0.39, 0.29) is 0 Å². The van der Waals surface area contributed by atoms with E-state index in [0.717, 1.165) is 13.0 Å². The molecule has 1 aliphatic rings. The van der Waals surface area contributed by atoms with Gasteiger partial charge in [-0.15, -0.1) is 0 Å². The number of hydrogen-bond acceptors (Lipinski definition) is 2. The minimum absolute atomic E-state index is 0.893. The van der Waals surface area contributed by atoms with E-state index in [1.54, 1.807) is 0 Å². The van der Waals surface area contributed by atoms with Gasteiger partial charge in [-0.3, -0.25) is 9.67 Å². The van der Waals surface area contributed by atoms with Gasteiger partial charge in [0.1, 0.15) is 0 Å². The maximum absolute atomic E-state index is 4.28. The van der Waals surface area contributed by atoms with Gasteiger partial charge in [-0.05, 0) is 0 Å². The Hall–Kier alpha value is -1.12. The zero-order valence-electron chi connectivity index (χ0n) is 5.91. The van der Waals surface area contributed by atoms with Crippen molar-refractivity contribution in [1.29, 1.82) is 0 Å². The molecule has 0 unspecified atom stereocenters. The average molecular weight is 135 g/mol. The molecule has 3 nitrogen and oxygen atoms in total. The summed E-state index contributed by atoms with van der Waals surface area (Å²) >= 11 is 0. The van der Waals surface area contributed by atoms with Crippen molar-refractivity contribution in [3.63, 3.8) is 0 Å². The predicted molar refractivity (Wildman–Crippen MR) is 39.4 cm³/mol. The van der Waals surface area contributed by atoms with Gasteiger partial charge in [-0.2, -0.15) is 5.10 Å². The van der Waals surface area contributed by atoms with Crippen LogP contribution in [0.2, 0.25) is 0 Å². The third-order valence-electron chi connectivity index (χ3n) is 1.65. The summed E-state index contributed by atoms with van der Waals surface area (Å²) < 4.78 is 1.84. The predicted octanol–water partition coefficient (Wildman–Crippen LogP) is 0.395. The Kier molecular flexibility index (Phi) is 1.09. The highest BCUT2D eigenvalue weighted by molar-refractivity contribution is 5.81. The quantitative estimate of drug-likeness (QED) is 0.506. The molecule has 3 heteroatoms. The van der Waals surface area contributed by atoms with Crippen molar-refractivity contribution in [2.24, 2.45) is 12.0 Å². The first-order chi connectivity index (χ1) is 4.86. The number of aryl methyl sites for hydroxylation is 1. The standard InChI is InChI=1S/C7H9N3/c1-10-5-6-4-8-3-2-7(6)9-10/h4-5H,2-3H2,1H3. The molecule has 0 atom stereocenters. The first-order valence-electron chi connectivity index (χ1n) is 3.38. The van der Waals surface area contributed by atoms with Crippen LogP contribution in [0.15, 0.2) is 11.2 Å². The second-order valence-electron chi connectivity index (χ2n) is 2.49. The lowest BCUT2D eigenvalue weighted by atomic mass is 10.2. The molecule has 2 heterocycles. The van der Waals surface area contributed by atoms with E-state index in [1.165, 1.54) is 11.3 Å². The number of aromatic nitrogens is 2. The molecule has 0 spiro atoms. The summed E-state index contributed by atoms with van der Waals surface area (Å²) in [5.41, 5.74) is 2.35. The van der Waals surface area contributed by atoms with Gasteiger partial charge in [0.25, 0.3) is 0 Å². The van der Waals surface area contributed by atoms with Crippen LogP contribution in [0.3, 0.4) is 0 Å². The molecule has 0 bridgehead atoms. The summed E-state index contributed by atoms with van der Waals surface area (Å²) in [7, 11) is 1.94. The fourth-order valence-corrected chi connectivity index (χ4v) is 1.19. The lowest BCUT2D eigenvalue weighted by molar-refractivity contribution is 0.739. The van der Waals surface area contributed by atoms with Gasteiger partial charge in [-0.25, -0.2) is 0 Å². The zero-order valence-corrected chi connectivity index (χ0v) is 5.91. The van der Waals surface area contributed by atoms with E-state index >= 15 is 0 Å². The summed E-state index contributed by atoms with van der Waals surface area (Å²) in [5, 5.41) is 4.28. The first kappa shape index (κ1) is 5.65. The van der Waals surface area contributed by atoms with Crippen LogP contribution in [0, 0.1) is 0 Å². The molecule has 0 saturated carbocycles. The van der Waals surface area contributed by atoms with Crippen LogP contribution in [-0.2, 0) is 13.5 Å². The van der Waals surface area contributed by atoms with Gasteiger partial charge in [-0.1, -0.05) is 0 Å². The molecule has 0 radical (unpaired) electrons. The van der Waals surface area contributed by atoms with Crippen molar-refractivity contribution in [2.75, 3.05) is 6.54 Å². The Morgan fingerprint density at radius 3 is 3.30 bits per heavy atom. The molecular formula is C7H9N3. The molecular weight excluding hydrogens is 126 g/mol. The third-order valence-corrected chi connectivity index (χ3v) is 1.65. The van der Waals surface area contributed by atoms with Crippen molar-refractivity contribution >= 4 is 6.21 Å². The number of nitrogens with zero attached hydrogens (tertiary/aromatic N) is 3. The molecule has 10 heavy (non-hydrogen) atoms. The topological polar surface area (TPSA) is 30.2 Å². The number of hydrogen-bond donors (Lipinski definition) is 0. The smallest absolute Gasteiger partial charge is 0.0730 e. The molecule has 0 amide bonds. The average Bonchev–Trinajstić information content (AvgIpc) is 2.27. The van der Waals surface area contributed by atoms with E-state index < -0.39 is 0 Å². The molecule has 52 valence electrons. The van der Waals surface area contributed by atoms with E-state index in [0.29, 0.717) is 0 Å². The van der Waals surface area contributed by atoms with Gasteiger partial charge in [0.05, 0.1) is 5.69 Å². The minimum atomic E-state index is 0.893. The lowest BCUT2D eigenvalue weighted by Gasteiger charge is -1.99. The maximum atomic E-state index is 4.28. The maximum Gasteiger partial charge on any atom is 0.0730 e. The fraction of sp³-hybridized carbons (Fsp3) is 0.429. The molecule has 0 aromatic carbocycles. The Labute approximate surface area is 59.4 Å². The largest absolute Gasteiger partial charge is 0.292 e. The molecule has 0 N–H and O–H groups in total. The molecule has 1 aliphatic heterocycles. The summed E-state index contributed by atoms with van der Waals surface area (Å²) in [6, 6.07) is 0. The first-order valence-corrected chi connectivity index (χ1v) is 3.38.